The van der Waals surface area contributed by atoms with Crippen molar-refractivity contribution < 1.29 is 9.53 Å². The molecule has 2 heteroatoms. The SMILES string of the molecule is COC(=O)c1c(C)cc(CCCc2ccccc2)cc1C. The van der Waals surface area contributed by atoms with Crippen molar-refractivity contribution >= 4 is 5.97 Å². The summed E-state index contributed by atoms with van der Waals surface area (Å²) in [6, 6.07) is 14.7. The van der Waals surface area contributed by atoms with Crippen molar-refractivity contribution in [1.82, 2.24) is 0 Å². The highest BCUT2D eigenvalue weighted by atomic mass is 16.5. The lowest BCUT2D eigenvalue weighted by atomic mass is 9.96. The van der Waals surface area contributed by atoms with Crippen LogP contribution in [0.15, 0.2) is 42.5 Å². The smallest absolute Gasteiger partial charge is 0.338 e. The Morgan fingerprint density at radius 1 is 0.952 bits per heavy atom. The predicted molar refractivity (Wildman–Crippen MR) is 85.7 cm³/mol. The van der Waals surface area contributed by atoms with Crippen molar-refractivity contribution in [3.63, 3.8) is 0 Å². The molecule has 110 valence electrons. The van der Waals surface area contributed by atoms with Crippen LogP contribution >= 0.6 is 0 Å². The first kappa shape index (κ1) is 15.3. The predicted octanol–water partition coefficient (Wildman–Crippen LogP) is 4.27. The Balaban J connectivity index is 2.03. The summed E-state index contributed by atoms with van der Waals surface area (Å²) in [4.78, 5) is 11.7. The zero-order valence-electron chi connectivity index (χ0n) is 13.0. The van der Waals surface area contributed by atoms with Crippen molar-refractivity contribution in [2.24, 2.45) is 0 Å². The van der Waals surface area contributed by atoms with Crippen molar-refractivity contribution in [3.8, 4) is 0 Å². The number of benzene rings is 2. The second-order valence-corrected chi connectivity index (χ2v) is 5.44. The fourth-order valence-electron chi connectivity index (χ4n) is 2.76. The van der Waals surface area contributed by atoms with Crippen LogP contribution in [0.5, 0.6) is 0 Å². The van der Waals surface area contributed by atoms with Gasteiger partial charge in [0.1, 0.15) is 0 Å². The van der Waals surface area contributed by atoms with E-state index in [2.05, 4.69) is 36.4 Å². The number of carbonyl (C=O) groups is 1. The molecule has 0 saturated heterocycles. The van der Waals surface area contributed by atoms with E-state index in [-0.39, 0.29) is 5.97 Å². The van der Waals surface area contributed by atoms with Gasteiger partial charge in [0.15, 0.2) is 0 Å². The number of methoxy groups -OCH3 is 1. The molecule has 0 aliphatic rings. The minimum Gasteiger partial charge on any atom is -0.465 e. The third-order valence-electron chi connectivity index (χ3n) is 3.76. The maximum absolute atomic E-state index is 11.7. The molecule has 0 heterocycles. The van der Waals surface area contributed by atoms with Gasteiger partial charge in [0.05, 0.1) is 12.7 Å². The largest absolute Gasteiger partial charge is 0.465 e. The summed E-state index contributed by atoms with van der Waals surface area (Å²) in [5.41, 5.74) is 5.35. The minimum atomic E-state index is -0.249. The Morgan fingerprint density at radius 2 is 1.52 bits per heavy atom. The van der Waals surface area contributed by atoms with Crippen LogP contribution in [0.25, 0.3) is 0 Å². The van der Waals surface area contributed by atoms with Crippen LogP contribution in [0.1, 0.15) is 39.0 Å². The summed E-state index contributed by atoms with van der Waals surface area (Å²) >= 11 is 0. The van der Waals surface area contributed by atoms with Gasteiger partial charge in [-0.25, -0.2) is 4.79 Å². The molecule has 2 rings (SSSR count). The van der Waals surface area contributed by atoms with Gasteiger partial charge in [0, 0.05) is 0 Å². The van der Waals surface area contributed by atoms with E-state index in [4.69, 9.17) is 4.74 Å². The lowest BCUT2D eigenvalue weighted by Crippen LogP contribution is -2.07. The number of aryl methyl sites for hydroxylation is 4. The number of ether oxygens (including phenoxy) is 1. The van der Waals surface area contributed by atoms with E-state index >= 15 is 0 Å². The van der Waals surface area contributed by atoms with Crippen LogP contribution in [0.3, 0.4) is 0 Å². The van der Waals surface area contributed by atoms with Gasteiger partial charge in [-0.3, -0.25) is 0 Å². The van der Waals surface area contributed by atoms with Gasteiger partial charge >= 0.3 is 5.97 Å². The summed E-state index contributed by atoms with van der Waals surface area (Å²) in [6.07, 6.45) is 3.22. The molecule has 0 amide bonds. The first-order chi connectivity index (χ1) is 10.1. The molecule has 2 aromatic rings. The highest BCUT2D eigenvalue weighted by Crippen LogP contribution is 2.19. The molecule has 21 heavy (non-hydrogen) atoms. The van der Waals surface area contributed by atoms with E-state index in [1.54, 1.807) is 0 Å². The van der Waals surface area contributed by atoms with E-state index in [0.29, 0.717) is 5.56 Å². The number of hydrogen-bond acceptors (Lipinski definition) is 2. The second-order valence-electron chi connectivity index (χ2n) is 5.44. The summed E-state index contributed by atoms with van der Waals surface area (Å²) in [6.45, 7) is 3.94. The monoisotopic (exact) mass is 282 g/mol. The Kier molecular flexibility index (Phi) is 5.15. The van der Waals surface area contributed by atoms with Gasteiger partial charge in [-0.15, -0.1) is 0 Å². The Bertz CT molecular complexity index is 592. The topological polar surface area (TPSA) is 26.3 Å². The Hall–Kier alpha value is -2.09. The van der Waals surface area contributed by atoms with E-state index in [0.717, 1.165) is 30.4 Å². The Labute approximate surface area is 126 Å². The molecule has 0 spiro atoms. The standard InChI is InChI=1S/C19H22O2/c1-14-12-17(13-15(2)18(14)19(20)21-3)11-7-10-16-8-5-4-6-9-16/h4-6,8-9,12-13H,7,10-11H2,1-3H3. The third-order valence-corrected chi connectivity index (χ3v) is 3.76. The fraction of sp³-hybridized carbons (Fsp3) is 0.316. The Morgan fingerprint density at radius 3 is 2.10 bits per heavy atom. The van der Waals surface area contributed by atoms with Crippen LogP contribution in [0, 0.1) is 13.8 Å². The zero-order valence-corrected chi connectivity index (χ0v) is 13.0. The average molecular weight is 282 g/mol. The average Bonchev–Trinajstić information content (AvgIpc) is 2.47. The molecule has 0 aliphatic heterocycles. The first-order valence-electron chi connectivity index (χ1n) is 7.34. The lowest BCUT2D eigenvalue weighted by Gasteiger charge is -2.11. The van der Waals surface area contributed by atoms with Crippen LogP contribution in [-0.2, 0) is 17.6 Å². The molecular formula is C19H22O2. The molecule has 0 aliphatic carbocycles. The van der Waals surface area contributed by atoms with Gasteiger partial charge < -0.3 is 4.74 Å². The van der Waals surface area contributed by atoms with Crippen molar-refractivity contribution in [2.75, 3.05) is 7.11 Å². The first-order valence-corrected chi connectivity index (χ1v) is 7.34. The van der Waals surface area contributed by atoms with Gasteiger partial charge in [-0.2, -0.15) is 0 Å². The van der Waals surface area contributed by atoms with Gasteiger partial charge in [-0.1, -0.05) is 42.5 Å². The fourth-order valence-corrected chi connectivity index (χ4v) is 2.76. The maximum Gasteiger partial charge on any atom is 0.338 e. The maximum atomic E-state index is 11.7. The summed E-state index contributed by atoms with van der Waals surface area (Å²) in [5.74, 6) is -0.249. The lowest BCUT2D eigenvalue weighted by molar-refractivity contribution is 0.0599. The molecule has 0 bridgehead atoms. The second kappa shape index (κ2) is 7.07. The van der Waals surface area contributed by atoms with Crippen molar-refractivity contribution in [1.29, 1.82) is 0 Å². The molecule has 0 aromatic heterocycles. The van der Waals surface area contributed by atoms with Crippen molar-refractivity contribution in [3.05, 3.63) is 70.3 Å². The summed E-state index contributed by atoms with van der Waals surface area (Å²) in [7, 11) is 1.43. The van der Waals surface area contributed by atoms with Gasteiger partial charge in [-0.05, 0) is 55.4 Å². The van der Waals surface area contributed by atoms with E-state index in [1.807, 2.05) is 19.9 Å². The summed E-state index contributed by atoms with van der Waals surface area (Å²) < 4.78 is 4.84. The molecule has 2 aromatic carbocycles. The number of rotatable bonds is 5. The highest BCUT2D eigenvalue weighted by Gasteiger charge is 2.13. The summed E-state index contributed by atoms with van der Waals surface area (Å²) in [5, 5.41) is 0. The van der Waals surface area contributed by atoms with Crippen LogP contribution in [-0.4, -0.2) is 13.1 Å². The number of esters is 1. The van der Waals surface area contributed by atoms with E-state index in [9.17, 15) is 4.79 Å². The van der Waals surface area contributed by atoms with Crippen LogP contribution in [0.2, 0.25) is 0 Å². The molecular weight excluding hydrogens is 260 g/mol. The quantitative estimate of drug-likeness (QED) is 0.766. The molecule has 0 saturated carbocycles. The normalized spacial score (nSPS) is 10.4. The van der Waals surface area contributed by atoms with Crippen molar-refractivity contribution in [2.45, 2.75) is 33.1 Å². The van der Waals surface area contributed by atoms with E-state index < -0.39 is 0 Å². The zero-order chi connectivity index (χ0) is 15.2. The molecule has 2 nitrogen and oxygen atoms in total. The molecule has 0 atom stereocenters. The van der Waals surface area contributed by atoms with Crippen LogP contribution < -0.4 is 0 Å². The highest BCUT2D eigenvalue weighted by molar-refractivity contribution is 5.92. The minimum absolute atomic E-state index is 0.249. The molecule has 0 unspecified atom stereocenters. The number of carbonyl (C=O) groups excluding carboxylic acids is 1. The van der Waals surface area contributed by atoms with Gasteiger partial charge in [0.2, 0.25) is 0 Å². The van der Waals surface area contributed by atoms with E-state index in [1.165, 1.54) is 18.2 Å². The number of hydrogen-bond donors (Lipinski definition) is 0. The molecule has 0 radical (unpaired) electrons. The molecule has 0 fully saturated rings. The third kappa shape index (κ3) is 3.94. The van der Waals surface area contributed by atoms with Gasteiger partial charge in [0.25, 0.3) is 0 Å². The van der Waals surface area contributed by atoms with Crippen LogP contribution in [0.4, 0.5) is 0 Å². The molecule has 0 N–H and O–H groups in total.